The van der Waals surface area contributed by atoms with Gasteiger partial charge in [0.2, 0.25) is 11.8 Å². The second-order valence-corrected chi connectivity index (χ2v) is 4.49. The molecule has 0 spiro atoms. The predicted octanol–water partition coefficient (Wildman–Crippen LogP) is -0.135. The largest absolute Gasteiger partial charge is 0.384 e. The van der Waals surface area contributed by atoms with Crippen LogP contribution in [0.4, 0.5) is 0 Å². The Hall–Kier alpha value is -2.37. The highest BCUT2D eigenvalue weighted by Gasteiger charge is 2.26. The molecule has 1 aromatic carbocycles. The Labute approximate surface area is 110 Å². The third-order valence-corrected chi connectivity index (χ3v) is 3.04. The Morgan fingerprint density at radius 1 is 1.42 bits per heavy atom. The fourth-order valence-electron chi connectivity index (χ4n) is 1.93. The monoisotopic (exact) mass is 260 g/mol. The summed E-state index contributed by atoms with van der Waals surface area (Å²) in [7, 11) is 0. The van der Waals surface area contributed by atoms with Gasteiger partial charge in [-0.3, -0.25) is 15.0 Å². The SMILES string of the molecule is N=C(N)c1ccc(CNC(=O)C2CCC(=O)N2)cc1. The first-order valence-corrected chi connectivity index (χ1v) is 6.06. The molecule has 0 saturated carbocycles. The first-order chi connectivity index (χ1) is 9.06. The van der Waals surface area contributed by atoms with E-state index in [1.165, 1.54) is 0 Å². The minimum absolute atomic E-state index is 0.0178. The summed E-state index contributed by atoms with van der Waals surface area (Å²) < 4.78 is 0. The zero-order valence-electron chi connectivity index (χ0n) is 10.4. The summed E-state index contributed by atoms with van der Waals surface area (Å²) >= 11 is 0. The number of nitrogen functional groups attached to an aromatic ring is 1. The minimum atomic E-state index is -0.413. The number of hydrogen-bond donors (Lipinski definition) is 4. The Bertz CT molecular complexity index is 510. The van der Waals surface area contributed by atoms with Crippen LogP contribution < -0.4 is 16.4 Å². The molecule has 1 heterocycles. The molecule has 1 aliphatic rings. The first-order valence-electron chi connectivity index (χ1n) is 6.06. The number of nitrogens with two attached hydrogens (primary N) is 1. The van der Waals surface area contributed by atoms with Crippen molar-refractivity contribution < 1.29 is 9.59 Å². The number of rotatable bonds is 4. The smallest absolute Gasteiger partial charge is 0.242 e. The summed E-state index contributed by atoms with van der Waals surface area (Å²) in [5, 5.41) is 12.7. The van der Waals surface area contributed by atoms with E-state index in [1.54, 1.807) is 12.1 Å². The lowest BCUT2D eigenvalue weighted by atomic mass is 10.1. The van der Waals surface area contributed by atoms with E-state index in [-0.39, 0.29) is 17.6 Å². The molecule has 0 radical (unpaired) electrons. The average Bonchev–Trinajstić information content (AvgIpc) is 2.83. The molecule has 1 fully saturated rings. The van der Waals surface area contributed by atoms with Crippen LogP contribution in [0.2, 0.25) is 0 Å². The van der Waals surface area contributed by atoms with Gasteiger partial charge >= 0.3 is 0 Å². The first kappa shape index (κ1) is 13.1. The summed E-state index contributed by atoms with van der Waals surface area (Å²) in [4.78, 5) is 22.8. The Balaban J connectivity index is 1.86. The van der Waals surface area contributed by atoms with Crippen molar-refractivity contribution in [2.24, 2.45) is 5.73 Å². The maximum atomic E-state index is 11.8. The number of carbonyl (C=O) groups excluding carboxylic acids is 2. The second kappa shape index (κ2) is 5.51. The van der Waals surface area contributed by atoms with E-state index in [0.717, 1.165) is 5.56 Å². The summed E-state index contributed by atoms with van der Waals surface area (Å²) in [6.45, 7) is 0.392. The van der Waals surface area contributed by atoms with Crippen LogP contribution in [0.25, 0.3) is 0 Å². The summed E-state index contributed by atoms with van der Waals surface area (Å²) in [5.74, 6) is -0.225. The van der Waals surface area contributed by atoms with Gasteiger partial charge in [0.05, 0.1) is 0 Å². The van der Waals surface area contributed by atoms with E-state index in [2.05, 4.69) is 10.6 Å². The molecule has 2 amide bonds. The third-order valence-electron chi connectivity index (χ3n) is 3.04. The molecule has 1 saturated heterocycles. The number of hydrogen-bond acceptors (Lipinski definition) is 3. The average molecular weight is 260 g/mol. The van der Waals surface area contributed by atoms with Crippen molar-refractivity contribution in [1.82, 2.24) is 10.6 Å². The van der Waals surface area contributed by atoms with E-state index < -0.39 is 6.04 Å². The van der Waals surface area contributed by atoms with Crippen molar-refractivity contribution in [3.05, 3.63) is 35.4 Å². The fraction of sp³-hybridized carbons (Fsp3) is 0.308. The van der Waals surface area contributed by atoms with Gasteiger partial charge in [-0.15, -0.1) is 0 Å². The van der Waals surface area contributed by atoms with Gasteiger partial charge in [0.25, 0.3) is 0 Å². The third kappa shape index (κ3) is 3.31. The molecule has 0 bridgehead atoms. The van der Waals surface area contributed by atoms with E-state index in [0.29, 0.717) is 24.9 Å². The molecule has 1 aliphatic heterocycles. The van der Waals surface area contributed by atoms with Crippen molar-refractivity contribution >= 4 is 17.6 Å². The van der Waals surface area contributed by atoms with Crippen molar-refractivity contribution in [2.45, 2.75) is 25.4 Å². The van der Waals surface area contributed by atoms with Gasteiger partial charge in [0, 0.05) is 18.5 Å². The molecule has 6 nitrogen and oxygen atoms in total. The van der Waals surface area contributed by atoms with Crippen molar-refractivity contribution in [1.29, 1.82) is 5.41 Å². The molecule has 19 heavy (non-hydrogen) atoms. The highest BCUT2D eigenvalue weighted by molar-refractivity contribution is 5.95. The number of nitrogens with one attached hydrogen (secondary N) is 3. The van der Waals surface area contributed by atoms with Gasteiger partial charge < -0.3 is 16.4 Å². The lowest BCUT2D eigenvalue weighted by Crippen LogP contribution is -2.41. The van der Waals surface area contributed by atoms with Crippen molar-refractivity contribution in [3.63, 3.8) is 0 Å². The summed E-state index contributed by atoms with van der Waals surface area (Å²) in [6, 6.07) is 6.68. The van der Waals surface area contributed by atoms with Crippen LogP contribution in [0.5, 0.6) is 0 Å². The zero-order valence-corrected chi connectivity index (χ0v) is 10.4. The van der Waals surface area contributed by atoms with Gasteiger partial charge in [-0.05, 0) is 12.0 Å². The van der Waals surface area contributed by atoms with Crippen LogP contribution in [0.15, 0.2) is 24.3 Å². The molecule has 1 atom stereocenters. The van der Waals surface area contributed by atoms with Crippen LogP contribution in [0.3, 0.4) is 0 Å². The van der Waals surface area contributed by atoms with Gasteiger partial charge in [-0.25, -0.2) is 0 Å². The minimum Gasteiger partial charge on any atom is -0.384 e. The van der Waals surface area contributed by atoms with Crippen LogP contribution in [0, 0.1) is 5.41 Å². The molecular weight excluding hydrogens is 244 g/mol. The molecule has 0 aliphatic carbocycles. The van der Waals surface area contributed by atoms with Gasteiger partial charge in [0.1, 0.15) is 11.9 Å². The van der Waals surface area contributed by atoms with Crippen LogP contribution >= 0.6 is 0 Å². The lowest BCUT2D eigenvalue weighted by Gasteiger charge is -2.11. The Kier molecular flexibility index (Phi) is 3.79. The molecule has 1 unspecified atom stereocenters. The molecule has 2 rings (SSSR count). The predicted molar refractivity (Wildman–Crippen MR) is 70.5 cm³/mol. The standard InChI is InChI=1S/C13H16N4O2/c14-12(15)9-3-1-8(2-4-9)7-16-13(19)10-5-6-11(18)17-10/h1-4,10H,5-7H2,(H3,14,15)(H,16,19)(H,17,18). The quantitative estimate of drug-likeness (QED) is 0.447. The molecule has 0 aromatic heterocycles. The van der Waals surface area contributed by atoms with Crippen molar-refractivity contribution in [2.75, 3.05) is 0 Å². The highest BCUT2D eigenvalue weighted by atomic mass is 16.2. The molecule has 100 valence electrons. The van der Waals surface area contributed by atoms with Crippen LogP contribution in [0.1, 0.15) is 24.0 Å². The summed E-state index contributed by atoms with van der Waals surface area (Å²) in [5.41, 5.74) is 6.93. The number of amides is 2. The fourth-order valence-corrected chi connectivity index (χ4v) is 1.93. The number of amidine groups is 1. The van der Waals surface area contributed by atoms with E-state index >= 15 is 0 Å². The maximum absolute atomic E-state index is 11.8. The number of benzene rings is 1. The van der Waals surface area contributed by atoms with Gasteiger partial charge in [-0.2, -0.15) is 0 Å². The van der Waals surface area contributed by atoms with Crippen LogP contribution in [-0.2, 0) is 16.1 Å². The summed E-state index contributed by atoms with van der Waals surface area (Å²) in [6.07, 6.45) is 0.958. The van der Waals surface area contributed by atoms with Crippen molar-refractivity contribution in [3.8, 4) is 0 Å². The normalized spacial score (nSPS) is 17.9. The topological polar surface area (TPSA) is 108 Å². The zero-order chi connectivity index (χ0) is 13.8. The Morgan fingerprint density at radius 2 is 2.11 bits per heavy atom. The molecule has 6 heteroatoms. The van der Waals surface area contributed by atoms with Crippen LogP contribution in [-0.4, -0.2) is 23.7 Å². The second-order valence-electron chi connectivity index (χ2n) is 4.49. The molecular formula is C13H16N4O2. The van der Waals surface area contributed by atoms with E-state index in [9.17, 15) is 9.59 Å². The molecule has 5 N–H and O–H groups in total. The number of carbonyl (C=O) groups is 2. The van der Waals surface area contributed by atoms with E-state index in [1.807, 2.05) is 12.1 Å². The van der Waals surface area contributed by atoms with Gasteiger partial charge in [-0.1, -0.05) is 24.3 Å². The van der Waals surface area contributed by atoms with E-state index in [4.69, 9.17) is 11.1 Å². The highest BCUT2D eigenvalue weighted by Crippen LogP contribution is 2.07. The maximum Gasteiger partial charge on any atom is 0.242 e. The van der Waals surface area contributed by atoms with Gasteiger partial charge in [0.15, 0.2) is 0 Å². The molecule has 1 aromatic rings. The Morgan fingerprint density at radius 3 is 2.63 bits per heavy atom. The lowest BCUT2D eigenvalue weighted by molar-refractivity contribution is -0.125.